The summed E-state index contributed by atoms with van der Waals surface area (Å²) >= 11 is 3.39. The largest absolute Gasteiger partial charge is 0.417 e. The van der Waals surface area contributed by atoms with Crippen molar-refractivity contribution in [3.63, 3.8) is 0 Å². The molecule has 7 heteroatoms. The number of nitriles is 1. The lowest BCUT2D eigenvalue weighted by Gasteiger charge is -2.18. The fourth-order valence-corrected chi connectivity index (χ4v) is 3.39. The van der Waals surface area contributed by atoms with Crippen LogP contribution < -0.4 is 5.56 Å². The second-order valence-electron chi connectivity index (χ2n) is 6.28. The fraction of sp³-hybridized carbons (Fsp3) is 0.143. The van der Waals surface area contributed by atoms with Crippen LogP contribution in [0, 0.1) is 18.3 Å². The van der Waals surface area contributed by atoms with E-state index in [4.69, 9.17) is 0 Å². The molecular formula is C21H14BrF3N2O. The van der Waals surface area contributed by atoms with Crippen LogP contribution in [0.5, 0.6) is 0 Å². The number of rotatable bonds is 3. The Morgan fingerprint density at radius 1 is 1.11 bits per heavy atom. The molecule has 0 unspecified atom stereocenters. The zero-order valence-electron chi connectivity index (χ0n) is 14.7. The van der Waals surface area contributed by atoms with E-state index in [0.29, 0.717) is 11.1 Å². The van der Waals surface area contributed by atoms with E-state index in [2.05, 4.69) is 15.9 Å². The average molecular weight is 447 g/mol. The first-order valence-electron chi connectivity index (χ1n) is 8.28. The lowest BCUT2D eigenvalue weighted by molar-refractivity contribution is -0.137. The van der Waals surface area contributed by atoms with Crippen molar-refractivity contribution in [1.29, 1.82) is 5.26 Å². The van der Waals surface area contributed by atoms with E-state index in [1.807, 2.05) is 13.0 Å². The van der Waals surface area contributed by atoms with Crippen LogP contribution in [-0.4, -0.2) is 4.57 Å². The van der Waals surface area contributed by atoms with Crippen LogP contribution in [0.4, 0.5) is 13.2 Å². The molecule has 28 heavy (non-hydrogen) atoms. The maximum atomic E-state index is 13.5. The van der Waals surface area contributed by atoms with Gasteiger partial charge in [-0.2, -0.15) is 18.4 Å². The Kier molecular flexibility index (Phi) is 5.43. The highest BCUT2D eigenvalue weighted by Crippen LogP contribution is 2.34. The van der Waals surface area contributed by atoms with Gasteiger partial charge in [0, 0.05) is 4.47 Å². The van der Waals surface area contributed by atoms with E-state index < -0.39 is 22.9 Å². The molecule has 2 aromatic carbocycles. The topological polar surface area (TPSA) is 45.8 Å². The monoisotopic (exact) mass is 446 g/mol. The van der Waals surface area contributed by atoms with E-state index in [1.54, 1.807) is 42.5 Å². The van der Waals surface area contributed by atoms with E-state index >= 15 is 0 Å². The number of benzene rings is 2. The van der Waals surface area contributed by atoms with Gasteiger partial charge < -0.3 is 4.57 Å². The summed E-state index contributed by atoms with van der Waals surface area (Å²) in [6, 6.07) is 16.3. The highest BCUT2D eigenvalue weighted by molar-refractivity contribution is 9.10. The van der Waals surface area contributed by atoms with E-state index in [1.165, 1.54) is 10.6 Å². The van der Waals surface area contributed by atoms with Gasteiger partial charge in [0.25, 0.3) is 5.56 Å². The Morgan fingerprint density at radius 3 is 2.43 bits per heavy atom. The zero-order valence-corrected chi connectivity index (χ0v) is 16.3. The summed E-state index contributed by atoms with van der Waals surface area (Å²) in [5.41, 5.74) is -0.965. The number of hydrogen-bond acceptors (Lipinski definition) is 2. The molecule has 3 rings (SSSR count). The van der Waals surface area contributed by atoms with E-state index in [-0.39, 0.29) is 12.2 Å². The summed E-state index contributed by atoms with van der Waals surface area (Å²) in [4.78, 5) is 12.9. The summed E-state index contributed by atoms with van der Waals surface area (Å²) < 4.78 is 42.4. The number of hydrogen-bond donors (Lipinski definition) is 0. The zero-order chi connectivity index (χ0) is 20.5. The number of pyridine rings is 1. The number of aromatic nitrogens is 1. The van der Waals surface area contributed by atoms with Crippen molar-refractivity contribution in [2.45, 2.75) is 19.6 Å². The molecule has 0 saturated carbocycles. The SMILES string of the molecule is Cc1cccc(-c2cc(C(F)(F)F)c(C#N)c(=O)n2Cc2ccccc2Br)c1. The molecule has 3 nitrogen and oxygen atoms in total. The van der Waals surface area contributed by atoms with E-state index in [0.717, 1.165) is 16.1 Å². The highest BCUT2D eigenvalue weighted by Gasteiger charge is 2.36. The van der Waals surface area contributed by atoms with Gasteiger partial charge in [-0.1, -0.05) is 57.9 Å². The van der Waals surface area contributed by atoms with Gasteiger partial charge >= 0.3 is 6.18 Å². The van der Waals surface area contributed by atoms with Gasteiger partial charge in [0.05, 0.1) is 17.8 Å². The second kappa shape index (κ2) is 7.64. The van der Waals surface area contributed by atoms with Crippen molar-refractivity contribution < 1.29 is 13.2 Å². The molecule has 1 aromatic heterocycles. The molecule has 0 atom stereocenters. The highest BCUT2D eigenvalue weighted by atomic mass is 79.9. The minimum Gasteiger partial charge on any atom is -0.303 e. The Hall–Kier alpha value is -2.85. The molecule has 0 spiro atoms. The predicted molar refractivity (Wildman–Crippen MR) is 104 cm³/mol. The van der Waals surface area contributed by atoms with Crippen LogP contribution >= 0.6 is 15.9 Å². The lowest BCUT2D eigenvalue weighted by atomic mass is 10.0. The van der Waals surface area contributed by atoms with E-state index in [9.17, 15) is 23.2 Å². The van der Waals surface area contributed by atoms with Crippen molar-refractivity contribution >= 4 is 15.9 Å². The molecule has 0 radical (unpaired) electrons. The summed E-state index contributed by atoms with van der Waals surface area (Å²) in [7, 11) is 0. The molecule has 3 aromatic rings. The standard InChI is InChI=1S/C21H14BrF3N2O/c1-13-5-4-7-14(9-13)19-10-17(21(23,24)25)16(11-26)20(28)27(19)12-15-6-2-3-8-18(15)22/h2-10H,12H2,1H3. The molecule has 0 aliphatic rings. The molecule has 0 saturated heterocycles. The predicted octanol–water partition coefficient (Wildman–Crippen LogP) is 5.53. The second-order valence-corrected chi connectivity index (χ2v) is 7.13. The molecular weight excluding hydrogens is 433 g/mol. The van der Waals surface area contributed by atoms with Crippen LogP contribution in [0.15, 0.2) is 63.9 Å². The van der Waals surface area contributed by atoms with Gasteiger partial charge in [-0.3, -0.25) is 4.79 Å². The van der Waals surface area contributed by atoms with Crippen molar-refractivity contribution in [2.75, 3.05) is 0 Å². The Balaban J connectivity index is 2.35. The Labute approximate surface area is 167 Å². The van der Waals surface area contributed by atoms with Crippen LogP contribution in [0.25, 0.3) is 11.3 Å². The third kappa shape index (κ3) is 3.87. The number of alkyl halides is 3. The van der Waals surface area contributed by atoms with Crippen molar-refractivity contribution in [2.24, 2.45) is 0 Å². The first kappa shape index (κ1) is 19.9. The van der Waals surface area contributed by atoms with Crippen molar-refractivity contribution in [3.05, 3.63) is 91.7 Å². The van der Waals surface area contributed by atoms with Gasteiger partial charge in [-0.15, -0.1) is 0 Å². The summed E-state index contributed by atoms with van der Waals surface area (Å²) in [5.74, 6) is 0. The van der Waals surface area contributed by atoms with Crippen molar-refractivity contribution in [1.82, 2.24) is 4.57 Å². The number of nitrogens with zero attached hydrogens (tertiary/aromatic N) is 2. The summed E-state index contributed by atoms with van der Waals surface area (Å²) in [5, 5.41) is 9.24. The third-order valence-corrected chi connectivity index (χ3v) is 5.09. The maximum absolute atomic E-state index is 13.5. The van der Waals surface area contributed by atoms with Gasteiger partial charge in [0.15, 0.2) is 0 Å². The average Bonchev–Trinajstić information content (AvgIpc) is 2.63. The molecule has 0 fully saturated rings. The minimum absolute atomic E-state index is 0.0242. The first-order valence-corrected chi connectivity index (χ1v) is 9.07. The smallest absolute Gasteiger partial charge is 0.303 e. The molecule has 1 heterocycles. The van der Waals surface area contributed by atoms with Gasteiger partial charge in [0.1, 0.15) is 11.6 Å². The molecule has 0 aliphatic heterocycles. The van der Waals surface area contributed by atoms with Crippen molar-refractivity contribution in [3.8, 4) is 17.3 Å². The van der Waals surface area contributed by atoms with Crippen LogP contribution in [0.1, 0.15) is 22.3 Å². The summed E-state index contributed by atoms with van der Waals surface area (Å²) in [6.45, 7) is 1.84. The number of aryl methyl sites for hydroxylation is 1. The molecule has 0 aliphatic carbocycles. The van der Waals surface area contributed by atoms with Crippen LogP contribution in [0.2, 0.25) is 0 Å². The molecule has 0 amide bonds. The van der Waals surface area contributed by atoms with Gasteiger partial charge in [-0.05, 0) is 36.2 Å². The quantitative estimate of drug-likeness (QED) is 0.531. The minimum atomic E-state index is -4.81. The van der Waals surface area contributed by atoms with Gasteiger partial charge in [0.2, 0.25) is 0 Å². The normalized spacial score (nSPS) is 11.3. The maximum Gasteiger partial charge on any atom is 0.417 e. The molecule has 0 bridgehead atoms. The Bertz CT molecular complexity index is 1140. The fourth-order valence-electron chi connectivity index (χ4n) is 2.98. The lowest BCUT2D eigenvalue weighted by Crippen LogP contribution is -2.28. The molecule has 0 N–H and O–H groups in total. The van der Waals surface area contributed by atoms with Gasteiger partial charge in [-0.25, -0.2) is 0 Å². The van der Waals surface area contributed by atoms with Crippen LogP contribution in [-0.2, 0) is 12.7 Å². The molecule has 142 valence electrons. The third-order valence-electron chi connectivity index (χ3n) is 4.32. The first-order chi connectivity index (χ1) is 13.2. The summed E-state index contributed by atoms with van der Waals surface area (Å²) in [6.07, 6.45) is -4.81. The number of halogens is 4. The Morgan fingerprint density at radius 2 is 1.82 bits per heavy atom. The van der Waals surface area contributed by atoms with Crippen LogP contribution in [0.3, 0.4) is 0 Å².